The third-order valence-corrected chi connectivity index (χ3v) is 3.71. The van der Waals surface area contributed by atoms with E-state index in [2.05, 4.69) is 59.8 Å². The highest BCUT2D eigenvalue weighted by Crippen LogP contribution is 2.29. The lowest BCUT2D eigenvalue weighted by molar-refractivity contribution is 0.497. The fraction of sp³-hybridized carbons (Fsp3) is 0.294. The highest BCUT2D eigenvalue weighted by atomic mass is 15.1. The van der Waals surface area contributed by atoms with Gasteiger partial charge in [-0.05, 0) is 49.0 Å². The fourth-order valence-electron chi connectivity index (χ4n) is 2.68. The van der Waals surface area contributed by atoms with Crippen LogP contribution >= 0.6 is 0 Å². The summed E-state index contributed by atoms with van der Waals surface area (Å²) in [4.78, 5) is 2.24. The molecule has 2 aliphatic rings. The van der Waals surface area contributed by atoms with E-state index in [9.17, 15) is 0 Å². The van der Waals surface area contributed by atoms with Crippen LogP contribution in [0.5, 0.6) is 0 Å². The van der Waals surface area contributed by atoms with Crippen molar-refractivity contribution in [2.75, 3.05) is 0 Å². The average Bonchev–Trinajstić information content (AvgIpc) is 2.95. The topological polar surface area (TPSA) is 3.24 Å². The van der Waals surface area contributed by atoms with Gasteiger partial charge in [0.1, 0.15) is 0 Å². The smallest absolute Gasteiger partial charge is 0.0470 e. The molecule has 0 saturated heterocycles. The Morgan fingerprint density at radius 2 is 1.56 bits per heavy atom. The molecular weight excluding hydrogens is 218 g/mol. The van der Waals surface area contributed by atoms with E-state index in [4.69, 9.17) is 0 Å². The zero-order valence-corrected chi connectivity index (χ0v) is 10.7. The number of allylic oxidation sites excluding steroid dienone is 4. The van der Waals surface area contributed by atoms with Gasteiger partial charge in [0, 0.05) is 18.9 Å². The molecule has 1 aromatic rings. The number of nitrogens with zero attached hydrogens (tertiary/aromatic N) is 1. The van der Waals surface area contributed by atoms with Crippen molar-refractivity contribution in [1.82, 2.24) is 4.90 Å². The molecule has 0 N–H and O–H groups in total. The van der Waals surface area contributed by atoms with Gasteiger partial charge < -0.3 is 4.90 Å². The molecule has 0 bridgehead atoms. The predicted molar refractivity (Wildman–Crippen MR) is 75.8 cm³/mol. The van der Waals surface area contributed by atoms with E-state index in [-0.39, 0.29) is 0 Å². The first-order chi connectivity index (χ1) is 8.92. The molecule has 0 unspecified atom stereocenters. The Morgan fingerprint density at radius 3 is 2.22 bits per heavy atom. The second kappa shape index (κ2) is 5.26. The molecule has 1 fully saturated rings. The van der Waals surface area contributed by atoms with Crippen molar-refractivity contribution in [3.8, 4) is 0 Å². The highest BCUT2D eigenvalue weighted by Gasteiger charge is 2.11. The molecule has 0 atom stereocenters. The standard InChI is InChI=1S/C17H19N/c1-2-6-15(7-3-1)14-18-12-10-17(11-13-18)16-8-4-5-9-16/h1-3,6-7,10-13H,4-5,8-9,14H2. The fourth-order valence-corrected chi connectivity index (χ4v) is 2.68. The van der Waals surface area contributed by atoms with Gasteiger partial charge in [0.05, 0.1) is 0 Å². The van der Waals surface area contributed by atoms with Crippen LogP contribution < -0.4 is 0 Å². The monoisotopic (exact) mass is 237 g/mol. The summed E-state index contributed by atoms with van der Waals surface area (Å²) in [7, 11) is 0. The summed E-state index contributed by atoms with van der Waals surface area (Å²) < 4.78 is 0. The van der Waals surface area contributed by atoms with E-state index in [0.717, 1.165) is 6.54 Å². The second-order valence-electron chi connectivity index (χ2n) is 5.06. The largest absolute Gasteiger partial charge is 0.350 e. The van der Waals surface area contributed by atoms with Gasteiger partial charge in [-0.2, -0.15) is 0 Å². The van der Waals surface area contributed by atoms with Crippen LogP contribution in [0.4, 0.5) is 0 Å². The maximum atomic E-state index is 2.27. The molecule has 0 amide bonds. The lowest BCUT2D eigenvalue weighted by atomic mass is 10.1. The summed E-state index contributed by atoms with van der Waals surface area (Å²) in [5, 5.41) is 0. The van der Waals surface area contributed by atoms with Crippen molar-refractivity contribution in [1.29, 1.82) is 0 Å². The summed E-state index contributed by atoms with van der Waals surface area (Å²) in [6, 6.07) is 10.6. The summed E-state index contributed by atoms with van der Waals surface area (Å²) in [5.74, 6) is 0. The van der Waals surface area contributed by atoms with Crippen LogP contribution in [0.15, 0.2) is 66.0 Å². The Kier molecular flexibility index (Phi) is 3.31. The van der Waals surface area contributed by atoms with Gasteiger partial charge in [0.25, 0.3) is 0 Å². The molecule has 3 rings (SSSR count). The molecule has 1 aliphatic heterocycles. The van der Waals surface area contributed by atoms with Crippen LogP contribution in [0.3, 0.4) is 0 Å². The first kappa shape index (κ1) is 11.3. The molecule has 1 nitrogen and oxygen atoms in total. The third kappa shape index (κ3) is 2.56. The lowest BCUT2D eigenvalue weighted by Gasteiger charge is -2.19. The molecular formula is C17H19N. The Morgan fingerprint density at radius 1 is 0.889 bits per heavy atom. The molecule has 18 heavy (non-hydrogen) atoms. The Hall–Kier alpha value is -1.76. The first-order valence-electron chi connectivity index (χ1n) is 6.80. The minimum atomic E-state index is 0.955. The summed E-state index contributed by atoms with van der Waals surface area (Å²) in [5.41, 5.74) is 4.43. The van der Waals surface area contributed by atoms with E-state index >= 15 is 0 Å². The SMILES string of the molecule is C1=CN(Cc2ccccc2)C=CC1=C1CCCC1. The highest BCUT2D eigenvalue weighted by molar-refractivity contribution is 5.39. The number of benzene rings is 1. The zero-order valence-electron chi connectivity index (χ0n) is 10.7. The van der Waals surface area contributed by atoms with E-state index < -0.39 is 0 Å². The van der Waals surface area contributed by atoms with Crippen molar-refractivity contribution in [2.45, 2.75) is 32.2 Å². The summed E-state index contributed by atoms with van der Waals surface area (Å²) >= 11 is 0. The Bertz CT molecular complexity index is 470. The molecule has 1 heterocycles. The molecule has 0 aromatic heterocycles. The van der Waals surface area contributed by atoms with Crippen molar-refractivity contribution in [2.24, 2.45) is 0 Å². The summed E-state index contributed by atoms with van der Waals surface area (Å²) in [6.07, 6.45) is 14.3. The quantitative estimate of drug-likeness (QED) is 0.737. The molecule has 1 aliphatic carbocycles. The van der Waals surface area contributed by atoms with Gasteiger partial charge in [-0.1, -0.05) is 35.9 Å². The van der Waals surface area contributed by atoms with Crippen LogP contribution in [-0.4, -0.2) is 4.90 Å². The molecule has 1 saturated carbocycles. The molecule has 1 aromatic carbocycles. The van der Waals surface area contributed by atoms with Crippen LogP contribution in [0.2, 0.25) is 0 Å². The van der Waals surface area contributed by atoms with E-state index in [0.29, 0.717) is 0 Å². The van der Waals surface area contributed by atoms with Gasteiger partial charge >= 0.3 is 0 Å². The third-order valence-electron chi connectivity index (χ3n) is 3.71. The summed E-state index contributed by atoms with van der Waals surface area (Å²) in [6.45, 7) is 0.955. The van der Waals surface area contributed by atoms with Crippen LogP contribution in [0.25, 0.3) is 0 Å². The molecule has 92 valence electrons. The van der Waals surface area contributed by atoms with Crippen molar-refractivity contribution in [3.05, 3.63) is 71.6 Å². The van der Waals surface area contributed by atoms with Gasteiger partial charge in [-0.15, -0.1) is 0 Å². The van der Waals surface area contributed by atoms with E-state index in [1.807, 2.05) is 0 Å². The number of rotatable bonds is 2. The maximum Gasteiger partial charge on any atom is 0.0470 e. The maximum absolute atomic E-state index is 2.27. The number of hydrogen-bond acceptors (Lipinski definition) is 1. The van der Waals surface area contributed by atoms with Crippen LogP contribution in [0.1, 0.15) is 31.2 Å². The van der Waals surface area contributed by atoms with Gasteiger partial charge in [-0.25, -0.2) is 0 Å². The van der Waals surface area contributed by atoms with Crippen LogP contribution in [-0.2, 0) is 6.54 Å². The van der Waals surface area contributed by atoms with Crippen molar-refractivity contribution >= 4 is 0 Å². The Labute approximate surface area is 109 Å². The van der Waals surface area contributed by atoms with Crippen molar-refractivity contribution in [3.63, 3.8) is 0 Å². The Balaban J connectivity index is 1.67. The average molecular weight is 237 g/mol. The first-order valence-corrected chi connectivity index (χ1v) is 6.80. The van der Waals surface area contributed by atoms with Crippen molar-refractivity contribution < 1.29 is 0 Å². The predicted octanol–water partition coefficient (Wildman–Crippen LogP) is 4.40. The number of hydrogen-bond donors (Lipinski definition) is 0. The van der Waals surface area contributed by atoms with Crippen LogP contribution in [0, 0.1) is 0 Å². The molecule has 0 spiro atoms. The minimum absolute atomic E-state index is 0.955. The van der Waals surface area contributed by atoms with Gasteiger partial charge in [0.15, 0.2) is 0 Å². The minimum Gasteiger partial charge on any atom is -0.350 e. The van der Waals surface area contributed by atoms with Gasteiger partial charge in [-0.3, -0.25) is 0 Å². The van der Waals surface area contributed by atoms with E-state index in [1.54, 1.807) is 5.57 Å². The van der Waals surface area contributed by atoms with Gasteiger partial charge in [0.2, 0.25) is 0 Å². The molecule has 0 radical (unpaired) electrons. The normalized spacial score (nSPS) is 18.8. The lowest BCUT2D eigenvalue weighted by Crippen LogP contribution is -2.11. The second-order valence-corrected chi connectivity index (χ2v) is 5.06. The zero-order chi connectivity index (χ0) is 12.2. The van der Waals surface area contributed by atoms with E-state index in [1.165, 1.54) is 36.8 Å². The molecule has 1 heteroatoms.